The largest absolute Gasteiger partial charge is 0.489 e. The Kier molecular flexibility index (Phi) is 3.53. The summed E-state index contributed by atoms with van der Waals surface area (Å²) in [4.78, 5) is 12.3. The highest BCUT2D eigenvalue weighted by Gasteiger charge is 2.42. The number of carbonyl (C=O) groups excluding carboxylic acids is 1. The molecule has 0 aromatic heterocycles. The van der Waals surface area contributed by atoms with Crippen LogP contribution < -0.4 is 15.4 Å². The smallest absolute Gasteiger partial charge is 0.255 e. The van der Waals surface area contributed by atoms with Gasteiger partial charge in [0.05, 0.1) is 11.3 Å². The van der Waals surface area contributed by atoms with E-state index in [9.17, 15) is 4.79 Å². The molecule has 0 radical (unpaired) electrons. The predicted molar refractivity (Wildman–Crippen MR) is 76.1 cm³/mol. The van der Waals surface area contributed by atoms with Crippen LogP contribution >= 0.6 is 0 Å². The topological polar surface area (TPSA) is 70.6 Å². The highest BCUT2D eigenvalue weighted by molar-refractivity contribution is 5.99. The number of rotatable bonds is 5. The number of aliphatic hydroxyl groups excluding tert-OH is 1. The molecule has 1 saturated carbocycles. The van der Waals surface area contributed by atoms with Crippen LogP contribution in [-0.4, -0.2) is 37.3 Å². The van der Waals surface area contributed by atoms with E-state index in [0.29, 0.717) is 24.5 Å². The lowest BCUT2D eigenvalue weighted by Crippen LogP contribution is -2.31. The Morgan fingerprint density at radius 1 is 1.45 bits per heavy atom. The maximum Gasteiger partial charge on any atom is 0.255 e. The van der Waals surface area contributed by atoms with E-state index in [4.69, 9.17) is 9.84 Å². The van der Waals surface area contributed by atoms with Gasteiger partial charge in [-0.25, -0.2) is 0 Å². The normalized spacial score (nSPS) is 18.4. The average Bonchev–Trinajstić information content (AvgIpc) is 3.25. The third kappa shape index (κ3) is 2.58. The van der Waals surface area contributed by atoms with Gasteiger partial charge in [0.2, 0.25) is 0 Å². The fourth-order valence-corrected chi connectivity index (χ4v) is 2.64. The minimum absolute atomic E-state index is 0.102. The van der Waals surface area contributed by atoms with Crippen molar-refractivity contribution < 1.29 is 14.6 Å². The molecule has 0 spiro atoms. The summed E-state index contributed by atoms with van der Waals surface area (Å²) in [6.07, 6.45) is 2.93. The van der Waals surface area contributed by atoms with E-state index in [1.54, 1.807) is 6.07 Å². The van der Waals surface area contributed by atoms with Gasteiger partial charge in [-0.05, 0) is 36.8 Å². The Morgan fingerprint density at radius 3 is 3.05 bits per heavy atom. The third-order valence-electron chi connectivity index (χ3n) is 4.15. The minimum atomic E-state index is -0.102. The minimum Gasteiger partial charge on any atom is -0.489 e. The number of hydrogen-bond donors (Lipinski definition) is 3. The molecule has 1 aliphatic heterocycles. The lowest BCUT2D eigenvalue weighted by atomic mass is 10.0. The van der Waals surface area contributed by atoms with Crippen molar-refractivity contribution in [1.82, 2.24) is 5.32 Å². The molecule has 108 valence electrons. The zero-order chi connectivity index (χ0) is 14.0. The molecule has 0 bridgehead atoms. The van der Waals surface area contributed by atoms with Gasteiger partial charge in [-0.3, -0.25) is 4.79 Å². The second kappa shape index (κ2) is 5.32. The monoisotopic (exact) mass is 276 g/mol. The van der Waals surface area contributed by atoms with Gasteiger partial charge in [-0.2, -0.15) is 0 Å². The number of benzene rings is 1. The standard InChI is InChI=1S/C15H20N2O3/c18-8-6-15(4-5-15)10-17-14(19)11-2-1-3-12-13(11)20-9-7-16-12/h1-3,16,18H,4-10H2,(H,17,19). The van der Waals surface area contributed by atoms with E-state index in [2.05, 4.69) is 10.6 Å². The zero-order valence-corrected chi connectivity index (χ0v) is 11.4. The van der Waals surface area contributed by atoms with Crippen molar-refractivity contribution in [3.63, 3.8) is 0 Å². The molecule has 1 heterocycles. The Bertz CT molecular complexity index is 512. The molecule has 0 atom stereocenters. The van der Waals surface area contributed by atoms with Crippen LogP contribution in [-0.2, 0) is 0 Å². The van der Waals surface area contributed by atoms with Gasteiger partial charge in [0, 0.05) is 19.7 Å². The lowest BCUT2D eigenvalue weighted by Gasteiger charge is -2.22. The second-order valence-corrected chi connectivity index (χ2v) is 5.61. The van der Waals surface area contributed by atoms with Crippen LogP contribution in [0, 0.1) is 5.41 Å². The van der Waals surface area contributed by atoms with Crippen molar-refractivity contribution in [1.29, 1.82) is 0 Å². The first kappa shape index (κ1) is 13.2. The van der Waals surface area contributed by atoms with Crippen molar-refractivity contribution in [2.24, 2.45) is 5.41 Å². The first-order valence-electron chi connectivity index (χ1n) is 7.13. The molecule has 3 N–H and O–H groups in total. The summed E-state index contributed by atoms with van der Waals surface area (Å²) >= 11 is 0. The van der Waals surface area contributed by atoms with Gasteiger partial charge in [-0.15, -0.1) is 0 Å². The van der Waals surface area contributed by atoms with Crippen molar-refractivity contribution in [3.8, 4) is 5.75 Å². The molecule has 5 heteroatoms. The van der Waals surface area contributed by atoms with Crippen LogP contribution in [0.1, 0.15) is 29.6 Å². The SMILES string of the molecule is O=C(NCC1(CCO)CC1)c1cccc2c1OCCN2. The van der Waals surface area contributed by atoms with Crippen molar-refractivity contribution in [2.45, 2.75) is 19.3 Å². The summed E-state index contributed by atoms with van der Waals surface area (Å²) in [6.45, 7) is 2.15. The molecule has 0 unspecified atom stereocenters. The average molecular weight is 276 g/mol. The molecule has 5 nitrogen and oxygen atoms in total. The molecule has 3 rings (SSSR count). The van der Waals surface area contributed by atoms with E-state index < -0.39 is 0 Å². The summed E-state index contributed by atoms with van der Waals surface area (Å²) in [5.74, 6) is 0.540. The molecule has 1 amide bonds. The van der Waals surface area contributed by atoms with E-state index in [0.717, 1.165) is 31.5 Å². The Hall–Kier alpha value is -1.75. The number of ether oxygens (including phenoxy) is 1. The quantitative estimate of drug-likeness (QED) is 0.760. The highest BCUT2D eigenvalue weighted by Crippen LogP contribution is 2.48. The number of hydrogen-bond acceptors (Lipinski definition) is 4. The number of nitrogens with one attached hydrogen (secondary N) is 2. The Morgan fingerprint density at radius 2 is 2.30 bits per heavy atom. The van der Waals surface area contributed by atoms with Gasteiger partial charge in [0.15, 0.2) is 5.75 Å². The Labute approximate surface area is 118 Å². The van der Waals surface area contributed by atoms with Gasteiger partial charge >= 0.3 is 0 Å². The second-order valence-electron chi connectivity index (χ2n) is 5.61. The van der Waals surface area contributed by atoms with Gasteiger partial charge in [0.25, 0.3) is 5.91 Å². The highest BCUT2D eigenvalue weighted by atomic mass is 16.5. The molecule has 1 aliphatic carbocycles. The van der Waals surface area contributed by atoms with Crippen LogP contribution in [0.15, 0.2) is 18.2 Å². The van der Waals surface area contributed by atoms with Gasteiger partial charge in [0.1, 0.15) is 6.61 Å². The number of anilines is 1. The molecular formula is C15H20N2O3. The number of para-hydroxylation sites is 1. The molecule has 0 saturated heterocycles. The van der Waals surface area contributed by atoms with E-state index in [-0.39, 0.29) is 17.9 Å². The number of aliphatic hydroxyl groups is 1. The Balaban J connectivity index is 1.68. The van der Waals surface area contributed by atoms with Crippen LogP contribution in [0.2, 0.25) is 0 Å². The summed E-state index contributed by atoms with van der Waals surface area (Å²) < 4.78 is 5.61. The molecule has 1 fully saturated rings. The maximum atomic E-state index is 12.3. The predicted octanol–water partition coefficient (Wildman–Crippen LogP) is 1.38. The lowest BCUT2D eigenvalue weighted by molar-refractivity contribution is 0.0936. The maximum absolute atomic E-state index is 12.3. The van der Waals surface area contributed by atoms with Gasteiger partial charge in [-0.1, -0.05) is 6.07 Å². The zero-order valence-electron chi connectivity index (χ0n) is 11.4. The van der Waals surface area contributed by atoms with Crippen LogP contribution in [0.25, 0.3) is 0 Å². The molecular weight excluding hydrogens is 256 g/mol. The summed E-state index contributed by atoms with van der Waals surface area (Å²) in [7, 11) is 0. The van der Waals surface area contributed by atoms with Crippen LogP contribution in [0.5, 0.6) is 5.75 Å². The molecule has 1 aromatic rings. The summed E-state index contributed by atoms with van der Waals surface area (Å²) in [6, 6.07) is 5.56. The van der Waals surface area contributed by atoms with Gasteiger partial charge < -0.3 is 20.5 Å². The molecule has 20 heavy (non-hydrogen) atoms. The number of fused-ring (bicyclic) bond motifs is 1. The van der Waals surface area contributed by atoms with E-state index in [1.807, 2.05) is 12.1 Å². The summed E-state index contributed by atoms with van der Waals surface area (Å²) in [5, 5.41) is 15.2. The number of amides is 1. The first-order valence-corrected chi connectivity index (χ1v) is 7.13. The first-order chi connectivity index (χ1) is 9.74. The van der Waals surface area contributed by atoms with Crippen molar-refractivity contribution in [2.75, 3.05) is 31.6 Å². The van der Waals surface area contributed by atoms with Crippen LogP contribution in [0.4, 0.5) is 5.69 Å². The fourth-order valence-electron chi connectivity index (χ4n) is 2.64. The molecule has 2 aliphatic rings. The number of carbonyl (C=O) groups is 1. The van der Waals surface area contributed by atoms with E-state index >= 15 is 0 Å². The summed E-state index contributed by atoms with van der Waals surface area (Å²) in [5.41, 5.74) is 1.58. The van der Waals surface area contributed by atoms with Crippen LogP contribution in [0.3, 0.4) is 0 Å². The van der Waals surface area contributed by atoms with E-state index in [1.165, 1.54) is 0 Å². The van der Waals surface area contributed by atoms with Crippen molar-refractivity contribution in [3.05, 3.63) is 23.8 Å². The third-order valence-corrected chi connectivity index (χ3v) is 4.15. The van der Waals surface area contributed by atoms with Crippen molar-refractivity contribution >= 4 is 11.6 Å². The fraction of sp³-hybridized carbons (Fsp3) is 0.533. The molecule has 1 aromatic carbocycles.